The summed E-state index contributed by atoms with van der Waals surface area (Å²) in [4.78, 5) is 23.8. The number of benzene rings is 2. The maximum absolute atomic E-state index is 12.5. The van der Waals surface area contributed by atoms with Crippen LogP contribution in [0.1, 0.15) is 5.56 Å². The molecule has 0 aliphatic heterocycles. The van der Waals surface area contributed by atoms with Gasteiger partial charge in [-0.05, 0) is 36.4 Å². The number of carbonyl (C=O) groups is 2. The molecule has 0 spiro atoms. The van der Waals surface area contributed by atoms with Crippen molar-refractivity contribution in [2.24, 2.45) is 5.73 Å². The molecule has 1 aromatic heterocycles. The van der Waals surface area contributed by atoms with Crippen molar-refractivity contribution in [2.45, 2.75) is 6.54 Å². The molecule has 0 aliphatic carbocycles. The minimum atomic E-state index is -0.528. The van der Waals surface area contributed by atoms with Gasteiger partial charge in [0.1, 0.15) is 23.9 Å². The second-order valence-electron chi connectivity index (χ2n) is 6.05. The topological polar surface area (TPSA) is 110 Å². The van der Waals surface area contributed by atoms with Crippen LogP contribution >= 0.6 is 0 Å². The van der Waals surface area contributed by atoms with E-state index in [0.29, 0.717) is 17.0 Å². The van der Waals surface area contributed by atoms with Crippen LogP contribution in [0.2, 0.25) is 0 Å². The minimum absolute atomic E-state index is 0.00822. The van der Waals surface area contributed by atoms with E-state index in [0.717, 1.165) is 10.9 Å². The Kier molecular flexibility index (Phi) is 5.42. The number of anilines is 1. The average molecular weight is 374 g/mol. The summed E-state index contributed by atoms with van der Waals surface area (Å²) in [6.07, 6.45) is 3.20. The smallest absolute Gasteiger partial charge is 0.266 e. The third-order valence-corrected chi connectivity index (χ3v) is 4.16. The largest absolute Gasteiger partial charge is 0.497 e. The molecule has 0 unspecified atom stereocenters. The molecule has 0 fully saturated rings. The van der Waals surface area contributed by atoms with Crippen LogP contribution in [0.3, 0.4) is 0 Å². The summed E-state index contributed by atoms with van der Waals surface area (Å²) < 4.78 is 6.78. The number of hydrogen-bond acceptors (Lipinski definition) is 4. The quantitative estimate of drug-likeness (QED) is 0.510. The maximum atomic E-state index is 12.5. The van der Waals surface area contributed by atoms with E-state index in [1.807, 2.05) is 30.3 Å². The van der Waals surface area contributed by atoms with Gasteiger partial charge in [-0.1, -0.05) is 18.2 Å². The first kappa shape index (κ1) is 18.7. The van der Waals surface area contributed by atoms with Crippen LogP contribution in [0.15, 0.2) is 60.3 Å². The Morgan fingerprint density at radius 1 is 1.21 bits per heavy atom. The highest BCUT2D eigenvalue weighted by Gasteiger charge is 2.13. The van der Waals surface area contributed by atoms with Crippen molar-refractivity contribution >= 4 is 34.5 Å². The number of nitrogens with two attached hydrogens (primary N) is 1. The Labute approximate surface area is 161 Å². The highest BCUT2D eigenvalue weighted by Crippen LogP contribution is 2.24. The molecule has 0 saturated heterocycles. The van der Waals surface area contributed by atoms with Crippen LogP contribution < -0.4 is 15.8 Å². The molecule has 3 N–H and O–H groups in total. The first-order valence-corrected chi connectivity index (χ1v) is 8.45. The number of fused-ring (bicyclic) bond motifs is 1. The summed E-state index contributed by atoms with van der Waals surface area (Å²) in [6, 6.07) is 16.1. The fourth-order valence-corrected chi connectivity index (χ4v) is 2.87. The Bertz CT molecular complexity index is 1100. The van der Waals surface area contributed by atoms with Gasteiger partial charge in [0.15, 0.2) is 0 Å². The fourth-order valence-electron chi connectivity index (χ4n) is 2.87. The molecule has 0 radical (unpaired) electrons. The van der Waals surface area contributed by atoms with Gasteiger partial charge in [0.05, 0.1) is 7.11 Å². The Morgan fingerprint density at radius 3 is 2.57 bits per heavy atom. The molecule has 0 saturated carbocycles. The third-order valence-electron chi connectivity index (χ3n) is 4.16. The molecule has 0 atom stereocenters. The lowest BCUT2D eigenvalue weighted by molar-refractivity contribution is -0.118. The van der Waals surface area contributed by atoms with Crippen LogP contribution in [0.5, 0.6) is 5.75 Å². The van der Waals surface area contributed by atoms with E-state index in [-0.39, 0.29) is 12.1 Å². The molecular formula is C21H18N4O3. The van der Waals surface area contributed by atoms with Gasteiger partial charge in [-0.3, -0.25) is 9.59 Å². The van der Waals surface area contributed by atoms with Crippen LogP contribution in [0.4, 0.5) is 5.69 Å². The van der Waals surface area contributed by atoms with E-state index in [1.54, 1.807) is 42.1 Å². The van der Waals surface area contributed by atoms with Gasteiger partial charge in [-0.15, -0.1) is 0 Å². The van der Waals surface area contributed by atoms with Crippen LogP contribution in [-0.2, 0) is 16.1 Å². The first-order chi connectivity index (χ1) is 13.5. The number of nitriles is 1. The lowest BCUT2D eigenvalue weighted by atomic mass is 10.1. The maximum Gasteiger partial charge on any atom is 0.266 e. The zero-order valence-corrected chi connectivity index (χ0v) is 15.2. The Hall–Kier alpha value is -4.05. The lowest BCUT2D eigenvalue weighted by Crippen LogP contribution is -2.17. The molecule has 3 aromatic rings. The van der Waals surface area contributed by atoms with Gasteiger partial charge >= 0.3 is 0 Å². The second-order valence-corrected chi connectivity index (χ2v) is 6.05. The Morgan fingerprint density at radius 2 is 1.93 bits per heavy atom. The molecule has 140 valence electrons. The summed E-state index contributed by atoms with van der Waals surface area (Å²) in [5.41, 5.74) is 7.24. The van der Waals surface area contributed by atoms with Crippen molar-refractivity contribution in [1.29, 1.82) is 5.26 Å². The number of para-hydroxylation sites is 1. The highest BCUT2D eigenvalue weighted by atomic mass is 16.5. The predicted molar refractivity (Wildman–Crippen MR) is 106 cm³/mol. The van der Waals surface area contributed by atoms with Gasteiger partial charge in [0, 0.05) is 28.4 Å². The zero-order valence-electron chi connectivity index (χ0n) is 15.2. The van der Waals surface area contributed by atoms with E-state index >= 15 is 0 Å². The first-order valence-electron chi connectivity index (χ1n) is 8.45. The highest BCUT2D eigenvalue weighted by molar-refractivity contribution is 6.10. The van der Waals surface area contributed by atoms with Crippen molar-refractivity contribution in [3.8, 4) is 11.8 Å². The van der Waals surface area contributed by atoms with Gasteiger partial charge < -0.3 is 20.4 Å². The predicted octanol–water partition coefficient (Wildman–Crippen LogP) is 2.68. The summed E-state index contributed by atoms with van der Waals surface area (Å²) in [5, 5.41) is 13.0. The molecule has 2 aromatic carbocycles. The number of methoxy groups -OCH3 is 1. The molecule has 2 amide bonds. The van der Waals surface area contributed by atoms with Crippen LogP contribution in [0.25, 0.3) is 17.0 Å². The lowest BCUT2D eigenvalue weighted by Gasteiger charge is -2.05. The van der Waals surface area contributed by atoms with Gasteiger partial charge in [-0.2, -0.15) is 5.26 Å². The van der Waals surface area contributed by atoms with Crippen molar-refractivity contribution in [1.82, 2.24) is 4.57 Å². The summed E-state index contributed by atoms with van der Waals surface area (Å²) in [6.45, 7) is 0.00822. The summed E-state index contributed by atoms with van der Waals surface area (Å²) in [5.74, 6) is -0.343. The molecular weight excluding hydrogens is 356 g/mol. The number of hydrogen-bond donors (Lipinski definition) is 2. The SMILES string of the molecule is COc1ccc(NC(=O)/C(C#N)=C/c2cn(CC(N)=O)c3ccccc23)cc1. The van der Waals surface area contributed by atoms with Crippen molar-refractivity contribution in [2.75, 3.05) is 12.4 Å². The van der Waals surface area contributed by atoms with E-state index in [1.165, 1.54) is 6.08 Å². The number of aromatic nitrogens is 1. The molecule has 7 nitrogen and oxygen atoms in total. The van der Waals surface area contributed by atoms with Crippen LogP contribution in [-0.4, -0.2) is 23.5 Å². The zero-order chi connectivity index (χ0) is 20.1. The van der Waals surface area contributed by atoms with Crippen molar-refractivity contribution < 1.29 is 14.3 Å². The fraction of sp³-hybridized carbons (Fsp3) is 0.0952. The third kappa shape index (κ3) is 4.02. The second kappa shape index (κ2) is 8.10. The summed E-state index contributed by atoms with van der Waals surface area (Å²) in [7, 11) is 1.55. The molecule has 7 heteroatoms. The molecule has 0 aliphatic rings. The van der Waals surface area contributed by atoms with Crippen molar-refractivity contribution in [3.63, 3.8) is 0 Å². The van der Waals surface area contributed by atoms with Gasteiger partial charge in [0.2, 0.25) is 5.91 Å². The minimum Gasteiger partial charge on any atom is -0.497 e. The number of carbonyl (C=O) groups excluding carboxylic acids is 2. The normalized spacial score (nSPS) is 11.1. The van der Waals surface area contributed by atoms with Crippen molar-refractivity contribution in [3.05, 3.63) is 65.9 Å². The van der Waals surface area contributed by atoms with E-state index in [2.05, 4.69) is 5.32 Å². The number of amides is 2. The van der Waals surface area contributed by atoms with Gasteiger partial charge in [-0.25, -0.2) is 0 Å². The molecule has 28 heavy (non-hydrogen) atoms. The number of nitrogens with zero attached hydrogens (tertiary/aromatic N) is 2. The van der Waals surface area contributed by atoms with Crippen LogP contribution in [0, 0.1) is 11.3 Å². The molecule has 0 bridgehead atoms. The monoisotopic (exact) mass is 374 g/mol. The number of nitrogens with one attached hydrogen (secondary N) is 1. The average Bonchev–Trinajstić information content (AvgIpc) is 3.03. The summed E-state index contributed by atoms with van der Waals surface area (Å²) >= 11 is 0. The molecule has 3 rings (SSSR count). The number of ether oxygens (including phenoxy) is 1. The van der Waals surface area contributed by atoms with E-state index < -0.39 is 11.8 Å². The van der Waals surface area contributed by atoms with E-state index in [9.17, 15) is 14.9 Å². The molecule has 1 heterocycles. The van der Waals surface area contributed by atoms with E-state index in [4.69, 9.17) is 10.5 Å². The standard InChI is InChI=1S/C21H18N4O3/c1-28-17-8-6-16(7-9-17)24-21(27)14(11-22)10-15-12-25(13-20(23)26)19-5-3-2-4-18(15)19/h2-10,12H,13H2,1H3,(H2,23,26)(H,24,27)/b14-10+. The number of rotatable bonds is 6. The Balaban J connectivity index is 1.92. The number of primary amides is 1. The van der Waals surface area contributed by atoms with Gasteiger partial charge in [0.25, 0.3) is 5.91 Å².